The maximum atomic E-state index is 13.2. The summed E-state index contributed by atoms with van der Waals surface area (Å²) in [6.07, 6.45) is 3.85. The third-order valence-electron chi connectivity index (χ3n) is 3.35. The molecule has 1 amide bonds. The Morgan fingerprint density at radius 1 is 1.19 bits per heavy atom. The van der Waals surface area contributed by atoms with Crippen molar-refractivity contribution in [3.8, 4) is 0 Å². The van der Waals surface area contributed by atoms with E-state index in [0.29, 0.717) is 11.7 Å². The molecule has 0 atom stereocenters. The Bertz CT molecular complexity index is 794. The summed E-state index contributed by atoms with van der Waals surface area (Å²) in [7, 11) is -4.88. The van der Waals surface area contributed by atoms with Gasteiger partial charge in [-0.2, -0.15) is 8.42 Å². The minimum atomic E-state index is -4.88. The van der Waals surface area contributed by atoms with Crippen LogP contribution >= 0.6 is 0 Å². The van der Waals surface area contributed by atoms with Gasteiger partial charge in [0.15, 0.2) is 0 Å². The van der Waals surface area contributed by atoms with Crippen molar-refractivity contribution >= 4 is 21.8 Å². The molecule has 1 aliphatic rings. The number of carbonyl (C=O) groups is 1. The average molecular weight is 308 g/mol. The SMILES string of the molecule is O=C(Nc1ccccc1S(=O)(=O)F)c1cccn1C1CC1. The molecule has 1 N–H and O–H groups in total. The third-order valence-corrected chi connectivity index (χ3v) is 4.23. The van der Waals surface area contributed by atoms with E-state index in [0.717, 1.165) is 18.9 Å². The molecule has 0 unspecified atom stereocenters. The molecule has 1 fully saturated rings. The third kappa shape index (κ3) is 2.82. The molecular formula is C14H13FN2O3S. The fourth-order valence-electron chi connectivity index (χ4n) is 2.23. The number of hydrogen-bond donors (Lipinski definition) is 1. The van der Waals surface area contributed by atoms with Crippen molar-refractivity contribution in [2.24, 2.45) is 0 Å². The Kier molecular flexibility index (Phi) is 3.29. The van der Waals surface area contributed by atoms with Crippen molar-refractivity contribution in [2.75, 3.05) is 5.32 Å². The molecule has 0 radical (unpaired) electrons. The van der Waals surface area contributed by atoms with E-state index in [2.05, 4.69) is 5.32 Å². The average Bonchev–Trinajstić information content (AvgIpc) is 3.15. The maximum absolute atomic E-state index is 13.2. The van der Waals surface area contributed by atoms with Gasteiger partial charge in [-0.15, -0.1) is 3.89 Å². The van der Waals surface area contributed by atoms with Crippen molar-refractivity contribution in [1.29, 1.82) is 0 Å². The predicted octanol–water partition coefficient (Wildman–Crippen LogP) is 2.73. The zero-order valence-corrected chi connectivity index (χ0v) is 11.8. The lowest BCUT2D eigenvalue weighted by atomic mass is 10.3. The van der Waals surface area contributed by atoms with E-state index in [1.54, 1.807) is 12.1 Å². The van der Waals surface area contributed by atoms with Crippen LogP contribution in [0.1, 0.15) is 29.4 Å². The number of nitrogens with one attached hydrogen (secondary N) is 1. The van der Waals surface area contributed by atoms with Crippen molar-refractivity contribution in [2.45, 2.75) is 23.8 Å². The highest BCUT2D eigenvalue weighted by Crippen LogP contribution is 2.36. The van der Waals surface area contributed by atoms with E-state index in [1.807, 2.05) is 10.8 Å². The van der Waals surface area contributed by atoms with Gasteiger partial charge in [0.1, 0.15) is 10.6 Å². The van der Waals surface area contributed by atoms with Crippen molar-refractivity contribution in [3.05, 3.63) is 48.3 Å². The van der Waals surface area contributed by atoms with Crippen LogP contribution in [-0.4, -0.2) is 18.9 Å². The van der Waals surface area contributed by atoms with Crippen molar-refractivity contribution in [1.82, 2.24) is 4.57 Å². The first-order valence-electron chi connectivity index (χ1n) is 6.49. The van der Waals surface area contributed by atoms with Gasteiger partial charge in [0.05, 0.1) is 5.69 Å². The topological polar surface area (TPSA) is 68.2 Å². The number of rotatable bonds is 4. The van der Waals surface area contributed by atoms with Crippen LogP contribution in [0.15, 0.2) is 47.5 Å². The molecule has 21 heavy (non-hydrogen) atoms. The number of halogens is 1. The van der Waals surface area contributed by atoms with Crippen LogP contribution in [0.25, 0.3) is 0 Å². The Balaban J connectivity index is 1.90. The maximum Gasteiger partial charge on any atom is 0.334 e. The lowest BCUT2D eigenvalue weighted by Gasteiger charge is -2.10. The highest BCUT2D eigenvalue weighted by atomic mass is 32.3. The summed E-state index contributed by atoms with van der Waals surface area (Å²) in [5.41, 5.74) is 0.372. The predicted molar refractivity (Wildman–Crippen MR) is 75.4 cm³/mol. The summed E-state index contributed by atoms with van der Waals surface area (Å²) >= 11 is 0. The fourth-order valence-corrected chi connectivity index (χ4v) is 2.85. The van der Waals surface area contributed by atoms with Gasteiger partial charge < -0.3 is 9.88 Å². The van der Waals surface area contributed by atoms with E-state index >= 15 is 0 Å². The van der Waals surface area contributed by atoms with Gasteiger partial charge in [-0.3, -0.25) is 4.79 Å². The Hall–Kier alpha value is -2.15. The zero-order chi connectivity index (χ0) is 15.0. The molecule has 1 aliphatic carbocycles. The number of hydrogen-bond acceptors (Lipinski definition) is 3. The van der Waals surface area contributed by atoms with Gasteiger partial charge >= 0.3 is 10.2 Å². The van der Waals surface area contributed by atoms with Crippen LogP contribution in [0, 0.1) is 0 Å². The molecule has 7 heteroatoms. The van der Waals surface area contributed by atoms with Gasteiger partial charge in [-0.1, -0.05) is 12.1 Å². The second-order valence-electron chi connectivity index (χ2n) is 4.92. The summed E-state index contributed by atoms with van der Waals surface area (Å²) in [6, 6.07) is 9.13. The molecule has 0 spiro atoms. The van der Waals surface area contributed by atoms with Crippen LogP contribution in [0.4, 0.5) is 9.57 Å². The van der Waals surface area contributed by atoms with E-state index < -0.39 is 21.0 Å². The molecule has 110 valence electrons. The first-order chi connectivity index (χ1) is 9.97. The molecule has 0 aliphatic heterocycles. The summed E-state index contributed by atoms with van der Waals surface area (Å²) in [5, 5.41) is 2.46. The summed E-state index contributed by atoms with van der Waals surface area (Å²) in [4.78, 5) is 11.7. The van der Waals surface area contributed by atoms with E-state index in [1.165, 1.54) is 18.2 Å². The smallest absolute Gasteiger partial charge is 0.334 e. The molecule has 0 saturated heterocycles. The Morgan fingerprint density at radius 2 is 1.90 bits per heavy atom. The highest BCUT2D eigenvalue weighted by molar-refractivity contribution is 7.86. The van der Waals surface area contributed by atoms with Gasteiger partial charge in [0.2, 0.25) is 0 Å². The second-order valence-corrected chi connectivity index (χ2v) is 6.24. The van der Waals surface area contributed by atoms with Crippen molar-refractivity contribution in [3.63, 3.8) is 0 Å². The first kappa shape index (κ1) is 13.8. The van der Waals surface area contributed by atoms with Crippen LogP contribution < -0.4 is 5.32 Å². The lowest BCUT2D eigenvalue weighted by Crippen LogP contribution is -2.17. The fraction of sp³-hybridized carbons (Fsp3) is 0.214. The van der Waals surface area contributed by atoms with Crippen LogP contribution in [-0.2, 0) is 10.2 Å². The second kappa shape index (κ2) is 5.00. The van der Waals surface area contributed by atoms with Gasteiger partial charge in [-0.25, -0.2) is 0 Å². The standard InChI is InChI=1S/C14H13FN2O3S/c15-21(19,20)13-6-2-1-4-11(13)16-14(18)12-5-3-9-17(12)10-7-8-10/h1-6,9-10H,7-8H2,(H,16,18). The number of anilines is 1. The minimum absolute atomic E-state index is 0.0615. The number of para-hydroxylation sites is 1. The number of nitrogens with zero attached hydrogens (tertiary/aromatic N) is 1. The van der Waals surface area contributed by atoms with Crippen LogP contribution in [0.2, 0.25) is 0 Å². The van der Waals surface area contributed by atoms with E-state index in [4.69, 9.17) is 0 Å². The van der Waals surface area contributed by atoms with E-state index in [-0.39, 0.29) is 5.69 Å². The molecular weight excluding hydrogens is 295 g/mol. The Morgan fingerprint density at radius 3 is 2.57 bits per heavy atom. The molecule has 1 aromatic carbocycles. The first-order valence-corrected chi connectivity index (χ1v) is 7.87. The molecule has 2 aromatic rings. The molecule has 1 saturated carbocycles. The van der Waals surface area contributed by atoms with E-state index in [9.17, 15) is 17.1 Å². The summed E-state index contributed by atoms with van der Waals surface area (Å²) < 4.78 is 37.2. The minimum Gasteiger partial charge on any atom is -0.340 e. The summed E-state index contributed by atoms with van der Waals surface area (Å²) in [5.74, 6) is -0.456. The molecule has 1 aromatic heterocycles. The van der Waals surface area contributed by atoms with Crippen LogP contribution in [0.3, 0.4) is 0 Å². The lowest BCUT2D eigenvalue weighted by molar-refractivity contribution is 0.101. The number of amides is 1. The Labute approximate surface area is 121 Å². The zero-order valence-electron chi connectivity index (χ0n) is 11.0. The number of carbonyl (C=O) groups excluding carboxylic acids is 1. The molecule has 5 nitrogen and oxygen atoms in total. The number of benzene rings is 1. The quantitative estimate of drug-likeness (QED) is 0.883. The van der Waals surface area contributed by atoms with Gasteiger partial charge in [0.25, 0.3) is 5.91 Å². The summed E-state index contributed by atoms with van der Waals surface area (Å²) in [6.45, 7) is 0. The number of aromatic nitrogens is 1. The molecule has 3 rings (SSSR count). The molecule has 1 heterocycles. The normalized spacial score (nSPS) is 14.9. The van der Waals surface area contributed by atoms with Gasteiger partial charge in [0, 0.05) is 12.2 Å². The van der Waals surface area contributed by atoms with Crippen molar-refractivity contribution < 1.29 is 17.1 Å². The monoisotopic (exact) mass is 308 g/mol. The van der Waals surface area contributed by atoms with Gasteiger partial charge in [-0.05, 0) is 37.1 Å². The largest absolute Gasteiger partial charge is 0.340 e. The van der Waals surface area contributed by atoms with Crippen LogP contribution in [0.5, 0.6) is 0 Å². The highest BCUT2D eigenvalue weighted by Gasteiger charge is 2.27. The molecule has 0 bridgehead atoms.